The third kappa shape index (κ3) is 5.23. The molecule has 18 nitrogen and oxygen atoms in total. The van der Waals surface area contributed by atoms with E-state index < -0.39 is 74.3 Å². The van der Waals surface area contributed by atoms with E-state index in [1.54, 1.807) is 0 Å². The minimum Gasteiger partial charge on any atom is -0.478 e. The first-order chi connectivity index (χ1) is 17.2. The van der Waals surface area contributed by atoms with Crippen LogP contribution >= 0.6 is 11.3 Å². The van der Waals surface area contributed by atoms with Crippen LogP contribution in [0.4, 0.5) is 5.13 Å². The van der Waals surface area contributed by atoms with Crippen molar-refractivity contribution in [2.45, 2.75) is 36.6 Å². The van der Waals surface area contributed by atoms with Gasteiger partial charge in [0, 0.05) is 43.9 Å². The van der Waals surface area contributed by atoms with Crippen LogP contribution in [0.1, 0.15) is 18.5 Å². The van der Waals surface area contributed by atoms with Crippen LogP contribution in [0.3, 0.4) is 0 Å². The number of amides is 2. The van der Waals surface area contributed by atoms with Gasteiger partial charge in [-0.25, -0.2) is 14.1 Å². The molecule has 2 aliphatic heterocycles. The second-order valence-corrected chi connectivity index (χ2v) is 12.3. The summed E-state index contributed by atoms with van der Waals surface area (Å²) in [7, 11) is -9.20. The minimum atomic E-state index is -5.11. The molecule has 2 saturated heterocycles. The number of thiazole rings is 1. The molecule has 0 radical (unpaired) electrons. The summed E-state index contributed by atoms with van der Waals surface area (Å²) in [4.78, 5) is 46.0. The quantitative estimate of drug-likeness (QED) is 0.0665. The van der Waals surface area contributed by atoms with Crippen LogP contribution in [0, 0.1) is 0 Å². The van der Waals surface area contributed by atoms with E-state index in [4.69, 9.17) is 16.3 Å². The standard InChI is InChI=1S/C16H22N8O10S3/c17-3-7-4-23(36(29,30)22-7)5-9-11(13(26)24(9)37(31,32)33)20-12(25)10(8-6-35-15(18)19-8)21-34-16(1-2-16)14(27)28/h6-7,9,11,22H,1-5,17H2,(H2,18,19)(H,20,25)(H,27,28)(H,31,32,33)/b21-10-. The van der Waals surface area contributed by atoms with Gasteiger partial charge in [-0.2, -0.15) is 25.9 Å². The SMILES string of the molecule is NCC1CN(CC2C(NC(=O)/C(=N\OC3(C(=O)O)CC3)c3csc(N)n3)C(=O)N2S(=O)(=O)O)S(=O)(=O)N1. The number of nitrogen functional groups attached to an aromatic ring is 1. The van der Waals surface area contributed by atoms with Gasteiger partial charge in [0.05, 0.1) is 6.04 Å². The van der Waals surface area contributed by atoms with Crippen molar-refractivity contribution in [3.05, 3.63) is 11.1 Å². The molecule has 21 heteroatoms. The van der Waals surface area contributed by atoms with Crippen molar-refractivity contribution < 1.29 is 45.7 Å². The van der Waals surface area contributed by atoms with Crippen LogP contribution in [0.5, 0.6) is 0 Å². The molecule has 4 rings (SSSR count). The Bertz CT molecular complexity index is 1370. The number of nitrogens with two attached hydrogens (primary N) is 2. The van der Waals surface area contributed by atoms with E-state index in [1.807, 2.05) is 0 Å². The Balaban J connectivity index is 1.59. The normalized spacial score (nSPS) is 27.0. The zero-order valence-electron chi connectivity index (χ0n) is 18.7. The number of carboxylic acids is 1. The van der Waals surface area contributed by atoms with Gasteiger partial charge in [0.2, 0.25) is 5.60 Å². The lowest BCUT2D eigenvalue weighted by Gasteiger charge is -2.45. The summed E-state index contributed by atoms with van der Waals surface area (Å²) in [5.41, 5.74) is 8.79. The number of carboxylic acid groups (broad SMARTS) is 1. The number of aliphatic carboxylic acids is 1. The molecule has 1 saturated carbocycles. The van der Waals surface area contributed by atoms with Crippen molar-refractivity contribution in [2.24, 2.45) is 10.9 Å². The first-order valence-corrected chi connectivity index (χ1v) is 14.2. The number of carbonyl (C=O) groups excluding carboxylic acids is 2. The van der Waals surface area contributed by atoms with Gasteiger partial charge in [-0.05, 0) is 0 Å². The first-order valence-electron chi connectivity index (χ1n) is 10.5. The maximum Gasteiger partial charge on any atom is 0.362 e. The van der Waals surface area contributed by atoms with E-state index in [0.717, 1.165) is 15.6 Å². The van der Waals surface area contributed by atoms with E-state index in [-0.39, 0.29) is 41.1 Å². The average Bonchev–Trinajstić information content (AvgIpc) is 3.38. The monoisotopic (exact) mass is 582 g/mol. The second kappa shape index (κ2) is 9.41. The number of β-lactam (4-membered cyclic amide) rings is 1. The molecular weight excluding hydrogens is 560 g/mol. The van der Waals surface area contributed by atoms with Gasteiger partial charge in [-0.1, -0.05) is 5.16 Å². The molecule has 0 aromatic carbocycles. The highest BCUT2D eigenvalue weighted by molar-refractivity contribution is 7.87. The molecule has 2 amide bonds. The van der Waals surface area contributed by atoms with Crippen molar-refractivity contribution in [3.63, 3.8) is 0 Å². The lowest BCUT2D eigenvalue weighted by atomic mass is 9.98. The van der Waals surface area contributed by atoms with Crippen molar-refractivity contribution in [3.8, 4) is 0 Å². The Hall–Kier alpha value is -2.95. The molecule has 1 aliphatic carbocycles. The Kier molecular flexibility index (Phi) is 6.89. The molecule has 0 spiro atoms. The lowest BCUT2D eigenvalue weighted by Crippen LogP contribution is -2.74. The van der Waals surface area contributed by atoms with Gasteiger partial charge in [-0.15, -0.1) is 11.3 Å². The highest BCUT2D eigenvalue weighted by atomic mass is 32.2. The number of hydrogen-bond acceptors (Lipinski definition) is 13. The van der Waals surface area contributed by atoms with Crippen LogP contribution in [0.25, 0.3) is 0 Å². The Morgan fingerprint density at radius 1 is 1.41 bits per heavy atom. The number of anilines is 1. The Morgan fingerprint density at radius 3 is 2.57 bits per heavy atom. The molecular formula is C16H22N8O10S3. The van der Waals surface area contributed by atoms with Gasteiger partial charge in [-0.3, -0.25) is 14.1 Å². The minimum absolute atomic E-state index is 0.0335. The number of nitrogens with one attached hydrogen (secondary N) is 2. The number of hydrogen-bond donors (Lipinski definition) is 6. The maximum atomic E-state index is 13.1. The van der Waals surface area contributed by atoms with E-state index in [2.05, 4.69) is 20.2 Å². The van der Waals surface area contributed by atoms with Gasteiger partial charge in [0.1, 0.15) is 11.7 Å². The molecule has 3 aliphatic rings. The van der Waals surface area contributed by atoms with Crippen molar-refractivity contribution in [1.29, 1.82) is 0 Å². The van der Waals surface area contributed by atoms with E-state index in [1.165, 1.54) is 5.38 Å². The molecule has 3 fully saturated rings. The molecule has 204 valence electrons. The average molecular weight is 583 g/mol. The fourth-order valence-corrected chi connectivity index (χ4v) is 6.60. The summed E-state index contributed by atoms with van der Waals surface area (Å²) in [6, 6.07) is -3.82. The third-order valence-electron chi connectivity index (χ3n) is 5.84. The van der Waals surface area contributed by atoms with Gasteiger partial charge < -0.3 is 26.7 Å². The van der Waals surface area contributed by atoms with Gasteiger partial charge >= 0.3 is 16.3 Å². The molecule has 3 heterocycles. The maximum absolute atomic E-state index is 13.1. The highest BCUT2D eigenvalue weighted by Crippen LogP contribution is 2.40. The third-order valence-corrected chi connectivity index (χ3v) is 9.08. The van der Waals surface area contributed by atoms with Crippen LogP contribution in [0.2, 0.25) is 0 Å². The molecule has 8 N–H and O–H groups in total. The summed E-state index contributed by atoms with van der Waals surface area (Å²) >= 11 is 0.928. The van der Waals surface area contributed by atoms with Gasteiger partial charge in [0.25, 0.3) is 22.0 Å². The number of oxime groups is 1. The molecule has 3 atom stereocenters. The summed E-state index contributed by atoms with van der Waals surface area (Å²) in [6.45, 7) is -0.827. The fraction of sp³-hybridized carbons (Fsp3) is 0.562. The molecule has 1 aromatic rings. The number of rotatable bonds is 10. The zero-order chi connectivity index (χ0) is 27.3. The summed E-state index contributed by atoms with van der Waals surface area (Å²) < 4.78 is 60.9. The van der Waals surface area contributed by atoms with Crippen LogP contribution in [-0.2, 0) is 39.7 Å². The fourth-order valence-electron chi connectivity index (χ4n) is 3.71. The van der Waals surface area contributed by atoms with Crippen molar-refractivity contribution in [1.82, 2.24) is 23.6 Å². The molecule has 0 bridgehead atoms. The van der Waals surface area contributed by atoms with E-state index >= 15 is 0 Å². The van der Waals surface area contributed by atoms with Crippen LogP contribution < -0.4 is 21.5 Å². The van der Waals surface area contributed by atoms with Crippen molar-refractivity contribution in [2.75, 3.05) is 25.4 Å². The smallest absolute Gasteiger partial charge is 0.362 e. The Morgan fingerprint density at radius 2 is 2.08 bits per heavy atom. The van der Waals surface area contributed by atoms with Crippen LogP contribution in [-0.4, -0.2) is 107 Å². The summed E-state index contributed by atoms with van der Waals surface area (Å²) in [5, 5.41) is 16.5. The van der Waals surface area contributed by atoms with Crippen LogP contribution in [0.15, 0.2) is 10.5 Å². The lowest BCUT2D eigenvalue weighted by molar-refractivity contribution is -0.153. The number of aromatic nitrogens is 1. The predicted molar refractivity (Wildman–Crippen MR) is 124 cm³/mol. The largest absolute Gasteiger partial charge is 0.478 e. The van der Waals surface area contributed by atoms with E-state index in [0.29, 0.717) is 0 Å². The molecule has 3 unspecified atom stereocenters. The van der Waals surface area contributed by atoms with Crippen molar-refractivity contribution >= 4 is 60.5 Å². The molecule has 37 heavy (non-hydrogen) atoms. The first kappa shape index (κ1) is 27.1. The Labute approximate surface area is 213 Å². The summed E-state index contributed by atoms with van der Waals surface area (Å²) in [5.74, 6) is -3.67. The predicted octanol–water partition coefficient (Wildman–Crippen LogP) is -3.96. The second-order valence-electron chi connectivity index (χ2n) is 8.40. The number of carbonyl (C=O) groups is 3. The highest BCUT2D eigenvalue weighted by Gasteiger charge is 2.57. The number of nitrogens with zero attached hydrogens (tertiary/aromatic N) is 4. The topological polar surface area (TPSA) is 277 Å². The van der Waals surface area contributed by atoms with E-state index in [9.17, 15) is 40.9 Å². The summed E-state index contributed by atoms with van der Waals surface area (Å²) in [6.07, 6.45) is 0.267. The van der Waals surface area contributed by atoms with Gasteiger partial charge in [0.15, 0.2) is 10.8 Å². The molecule has 1 aromatic heterocycles. The zero-order valence-corrected chi connectivity index (χ0v) is 21.1.